The average Bonchev–Trinajstić information content (AvgIpc) is 4.03. The van der Waals surface area contributed by atoms with Crippen LogP contribution in [0.3, 0.4) is 0 Å². The summed E-state index contributed by atoms with van der Waals surface area (Å²) >= 11 is 0. The minimum Gasteiger partial charge on any atom is -0.453 e. The second-order valence-corrected chi connectivity index (χ2v) is 14.8. The van der Waals surface area contributed by atoms with Gasteiger partial charge in [-0.25, -0.2) is 14.8 Å². The Labute approximate surface area is 346 Å². The zero-order chi connectivity index (χ0) is 42.6. The van der Waals surface area contributed by atoms with E-state index in [2.05, 4.69) is 88.1 Å². The number of nitrogens with zero attached hydrogens (tertiary/aromatic N) is 3. The fourth-order valence-corrected chi connectivity index (χ4v) is 7.37. The summed E-state index contributed by atoms with van der Waals surface area (Å²) in [6, 6.07) is 5.83. The van der Waals surface area contributed by atoms with Crippen LogP contribution < -0.4 is 26.4 Å². The van der Waals surface area contributed by atoms with E-state index in [9.17, 15) is 14.4 Å². The number of imidazole rings is 2. The Bertz CT molecular complexity index is 1950. The largest absolute Gasteiger partial charge is 0.453 e. The van der Waals surface area contributed by atoms with Crippen molar-refractivity contribution in [2.45, 2.75) is 125 Å². The third-order valence-corrected chi connectivity index (χ3v) is 10.0. The van der Waals surface area contributed by atoms with Gasteiger partial charge < -0.3 is 35.6 Å². The summed E-state index contributed by atoms with van der Waals surface area (Å²) in [7, 11) is 3.06. The Balaban J connectivity index is 0.000000606. The van der Waals surface area contributed by atoms with Crippen LogP contribution in [0.5, 0.6) is 0 Å². The van der Waals surface area contributed by atoms with Crippen molar-refractivity contribution in [3.05, 3.63) is 76.1 Å². The fourth-order valence-electron chi connectivity index (χ4n) is 7.37. The van der Waals surface area contributed by atoms with Gasteiger partial charge in [0.25, 0.3) is 0 Å². The average molecular weight is 799 g/mol. The first-order valence-electron chi connectivity index (χ1n) is 21.5. The molecule has 58 heavy (non-hydrogen) atoms. The molecule has 2 aromatic heterocycles. The molecule has 5 N–H and O–H groups in total. The van der Waals surface area contributed by atoms with Crippen molar-refractivity contribution in [1.29, 1.82) is 0 Å². The molecule has 12 heteroatoms. The number of ether oxygens (including phenoxy) is 1. The molecule has 1 aromatic carbocycles. The van der Waals surface area contributed by atoms with Crippen molar-refractivity contribution in [3.63, 3.8) is 0 Å². The number of rotatable bonds is 12. The number of methoxy groups -OCH3 is 1. The molecule has 1 aliphatic heterocycles. The molecule has 0 radical (unpaired) electrons. The van der Waals surface area contributed by atoms with Crippen LogP contribution in [0.1, 0.15) is 130 Å². The lowest BCUT2D eigenvalue weighted by atomic mass is 9.86. The number of hydrogen-bond acceptors (Lipinski definition) is 7. The topological polar surface area (TPSA) is 157 Å². The van der Waals surface area contributed by atoms with Gasteiger partial charge in [0, 0.05) is 25.1 Å². The van der Waals surface area contributed by atoms with Gasteiger partial charge in [0.1, 0.15) is 17.7 Å². The molecule has 1 saturated heterocycles. The fraction of sp³-hybridized carbons (Fsp3) is 0.543. The minimum atomic E-state index is -0.647. The molecule has 318 valence electrons. The second-order valence-electron chi connectivity index (χ2n) is 14.8. The van der Waals surface area contributed by atoms with Gasteiger partial charge in [0.15, 0.2) is 0 Å². The molecule has 0 bridgehead atoms. The van der Waals surface area contributed by atoms with Gasteiger partial charge in [-0.05, 0) is 92.0 Å². The molecule has 3 heterocycles. The molecule has 0 spiro atoms. The molecule has 2 unspecified atom stereocenters. The maximum Gasteiger partial charge on any atom is 0.407 e. The number of allylic oxidation sites excluding steroid dienone is 4. The smallest absolute Gasteiger partial charge is 0.407 e. The molecule has 3 aliphatic rings. The predicted octanol–water partition coefficient (Wildman–Crippen LogP) is 7.11. The summed E-state index contributed by atoms with van der Waals surface area (Å²) in [6.07, 6.45) is 19.1. The van der Waals surface area contributed by atoms with Crippen molar-refractivity contribution in [1.82, 2.24) is 40.8 Å². The normalized spacial score (nSPS) is 16.1. The monoisotopic (exact) mass is 799 g/mol. The number of nitrogens with one attached hydrogen (secondary N) is 5. The van der Waals surface area contributed by atoms with Gasteiger partial charge in [0.2, 0.25) is 11.8 Å². The molecule has 6 rings (SSSR count). The summed E-state index contributed by atoms with van der Waals surface area (Å²) in [5.74, 6) is 1.73. The highest BCUT2D eigenvalue weighted by Crippen LogP contribution is 2.35. The molecule has 2 atom stereocenters. The van der Waals surface area contributed by atoms with Crippen molar-refractivity contribution in [2.75, 3.05) is 33.8 Å². The summed E-state index contributed by atoms with van der Waals surface area (Å²) in [5.41, 5.74) is 7.36. The lowest BCUT2D eigenvalue weighted by Gasteiger charge is -2.30. The second kappa shape index (κ2) is 24.7. The first-order chi connectivity index (χ1) is 28.1. The summed E-state index contributed by atoms with van der Waals surface area (Å²) in [6.45, 7) is 17.9. The zero-order valence-corrected chi connectivity index (χ0v) is 36.8. The number of hydrogen-bond donors (Lipinski definition) is 5. The Hall–Kier alpha value is -4.97. The van der Waals surface area contributed by atoms with Crippen LogP contribution in [0.2, 0.25) is 0 Å². The molecule has 3 aromatic rings. The van der Waals surface area contributed by atoms with Gasteiger partial charge in [-0.3, -0.25) is 9.59 Å². The van der Waals surface area contributed by atoms with Gasteiger partial charge >= 0.3 is 6.09 Å². The third kappa shape index (κ3) is 12.8. The van der Waals surface area contributed by atoms with Gasteiger partial charge in [-0.15, -0.1) is 0 Å². The molecule has 1 fully saturated rings. The number of aromatic nitrogens is 4. The van der Waals surface area contributed by atoms with E-state index in [4.69, 9.17) is 9.72 Å². The van der Waals surface area contributed by atoms with Crippen LogP contribution in [-0.4, -0.2) is 82.6 Å². The van der Waals surface area contributed by atoms with Crippen LogP contribution in [-0.2, 0) is 20.7 Å². The predicted molar refractivity (Wildman–Crippen MR) is 236 cm³/mol. The van der Waals surface area contributed by atoms with E-state index in [0.717, 1.165) is 74.4 Å². The van der Waals surface area contributed by atoms with Crippen LogP contribution in [0, 0.1) is 5.92 Å². The first kappa shape index (κ1) is 47.4. The number of aromatic amines is 2. The highest BCUT2D eigenvalue weighted by atomic mass is 16.5. The number of H-pyrrole nitrogens is 2. The van der Waals surface area contributed by atoms with E-state index < -0.39 is 12.1 Å². The highest BCUT2D eigenvalue weighted by molar-refractivity contribution is 5.86. The number of aryl methyl sites for hydroxylation is 1. The van der Waals surface area contributed by atoms with E-state index >= 15 is 0 Å². The van der Waals surface area contributed by atoms with Crippen LogP contribution >= 0.6 is 0 Å². The van der Waals surface area contributed by atoms with Gasteiger partial charge in [-0.1, -0.05) is 91.3 Å². The number of likely N-dealkylation sites (N-methyl/N-ethyl adjacent to an activating group) is 2. The summed E-state index contributed by atoms with van der Waals surface area (Å²) < 4.78 is 4.76. The molecule has 0 saturated carbocycles. The Morgan fingerprint density at radius 1 is 0.966 bits per heavy atom. The lowest BCUT2D eigenvalue weighted by Crippen LogP contribution is -2.51. The van der Waals surface area contributed by atoms with E-state index in [0.29, 0.717) is 19.6 Å². The number of benzene rings is 1. The van der Waals surface area contributed by atoms with Crippen molar-refractivity contribution in [2.24, 2.45) is 5.92 Å². The van der Waals surface area contributed by atoms with Gasteiger partial charge in [-0.2, -0.15) is 0 Å². The molecular formula is C46H70N8O4. The molecule has 2 aliphatic carbocycles. The highest BCUT2D eigenvalue weighted by Gasteiger charge is 2.37. The molecule has 12 nitrogen and oxygen atoms in total. The maximum absolute atomic E-state index is 13.5. The SMILES string of the molecule is CC.CCC.CCCc1ncc(-c2cccc3c2=CCCC=3C2=CC=C(c3cnc(C4CCCN4C(=O)C(NC(=O)OC)C(C)C)[nH]3)CC2)[nH]1.CCNC(=O)CNC. The van der Waals surface area contributed by atoms with Crippen LogP contribution in [0.4, 0.5) is 4.79 Å². The first-order valence-corrected chi connectivity index (χ1v) is 21.5. The van der Waals surface area contributed by atoms with E-state index in [1.165, 1.54) is 46.3 Å². The van der Waals surface area contributed by atoms with Crippen molar-refractivity contribution < 1.29 is 19.1 Å². The minimum absolute atomic E-state index is 0.0509. The van der Waals surface area contributed by atoms with E-state index in [-0.39, 0.29) is 23.8 Å². The summed E-state index contributed by atoms with van der Waals surface area (Å²) in [4.78, 5) is 54.2. The Morgan fingerprint density at radius 3 is 2.31 bits per heavy atom. The molecular weight excluding hydrogens is 729 g/mol. The van der Waals surface area contributed by atoms with Crippen LogP contribution in [0.25, 0.3) is 28.5 Å². The number of amides is 3. The van der Waals surface area contributed by atoms with Crippen molar-refractivity contribution in [3.8, 4) is 11.3 Å². The third-order valence-electron chi connectivity index (χ3n) is 10.0. The zero-order valence-electron chi connectivity index (χ0n) is 36.8. The number of alkyl carbamates (subject to hydrolysis) is 1. The van der Waals surface area contributed by atoms with E-state index in [1.54, 1.807) is 7.05 Å². The lowest BCUT2D eigenvalue weighted by molar-refractivity contribution is -0.135. The summed E-state index contributed by atoms with van der Waals surface area (Å²) in [5, 5.41) is 10.7. The number of likely N-dealkylation sites (tertiary alicyclic amines) is 1. The standard InChI is InChI=1S/C36H44N6O3.C5H12N2O.C3H8.C2H6/c1-5-9-32-37-21-30(39-32)28-13-7-11-26-25(10-6-12-27(26)28)23-15-17-24(18-16-23)29-20-38-34(40-29)31-14-8-19-42(31)35(43)33(22(2)3)41-36(44)45-4;1-3-7-5(8)4-6-2;1-3-2;1-2/h7,11-13,15,17,20-22,31,33H,5-6,8-10,14,16,18-19H2,1-4H3,(H,37,39)(H,38,40)(H,41,44);6H,3-4H2,1-2H3,(H,7,8);3H2,1-2H3;1-2H3. The van der Waals surface area contributed by atoms with Crippen LogP contribution in [0.15, 0.2) is 48.3 Å². The Morgan fingerprint density at radius 2 is 1.67 bits per heavy atom. The maximum atomic E-state index is 13.5. The van der Waals surface area contributed by atoms with E-state index in [1.807, 2.05) is 51.9 Å². The molecule has 3 amide bonds. The van der Waals surface area contributed by atoms with Crippen molar-refractivity contribution >= 4 is 35.1 Å². The number of carbonyl (C=O) groups excluding carboxylic acids is 3. The quantitative estimate of drug-likeness (QED) is 0.131. The Kier molecular flexibility index (Phi) is 20.2. The number of fused-ring (bicyclic) bond motifs is 1. The van der Waals surface area contributed by atoms with Gasteiger partial charge in [0.05, 0.1) is 43.5 Å². The number of carbonyl (C=O) groups is 3.